The zero-order valence-corrected chi connectivity index (χ0v) is 25.0. The Kier molecular flexibility index (Phi) is 8.40. The standard InChI is InChI=1S/C31H29Cl2F2NO5S/c1-31(16-28(37)38)15-24(20-3-2-4-22(33)13-20)29(19-7-9-21(32)10-8-19)36(30(31)39)26(18-5-6-18)17-42(40,41)27-12-11-23(34)14-25(27)35/h2-4,7-14,18,24,26,29H,5-6,15-17H2,1H3,(H,37,38)/t24-,26?,29-,31-/m1/s1. The first-order valence-corrected chi connectivity index (χ1v) is 15.9. The summed E-state index contributed by atoms with van der Waals surface area (Å²) in [5.41, 5.74) is 0.0735. The molecule has 1 amide bonds. The van der Waals surface area contributed by atoms with Crippen molar-refractivity contribution in [2.75, 3.05) is 5.75 Å². The number of carbonyl (C=O) groups excluding carboxylic acids is 1. The number of likely N-dealkylation sites (tertiary alicyclic amines) is 1. The summed E-state index contributed by atoms with van der Waals surface area (Å²) in [6.45, 7) is 1.59. The quantitative estimate of drug-likeness (QED) is 0.254. The molecule has 1 aliphatic carbocycles. The lowest BCUT2D eigenvalue weighted by Gasteiger charge is -2.52. The van der Waals surface area contributed by atoms with Crippen LogP contribution in [0.25, 0.3) is 0 Å². The van der Waals surface area contributed by atoms with E-state index in [2.05, 4.69) is 0 Å². The number of rotatable bonds is 9. The fourth-order valence-electron chi connectivity index (χ4n) is 6.21. The molecule has 222 valence electrons. The Morgan fingerprint density at radius 1 is 1.02 bits per heavy atom. The predicted octanol–water partition coefficient (Wildman–Crippen LogP) is 7.06. The number of sulfone groups is 1. The monoisotopic (exact) mass is 635 g/mol. The molecular formula is C31H29Cl2F2NO5S. The number of benzene rings is 3. The van der Waals surface area contributed by atoms with Gasteiger partial charge in [0.25, 0.3) is 0 Å². The molecule has 4 atom stereocenters. The van der Waals surface area contributed by atoms with Gasteiger partial charge >= 0.3 is 5.97 Å². The van der Waals surface area contributed by atoms with Gasteiger partial charge in [0.1, 0.15) is 16.5 Å². The summed E-state index contributed by atoms with van der Waals surface area (Å²) in [5.74, 6) is -5.06. The average Bonchev–Trinajstić information content (AvgIpc) is 3.74. The Bertz CT molecular complexity index is 1630. The first kappa shape index (κ1) is 30.4. The summed E-state index contributed by atoms with van der Waals surface area (Å²) in [6, 6.07) is 14.7. The van der Waals surface area contributed by atoms with Gasteiger partial charge in [-0.2, -0.15) is 0 Å². The molecule has 2 aliphatic rings. The maximum atomic E-state index is 14.7. The molecule has 1 aliphatic heterocycles. The molecule has 5 rings (SSSR count). The molecule has 1 N–H and O–H groups in total. The summed E-state index contributed by atoms with van der Waals surface area (Å²) in [4.78, 5) is 27.4. The second-order valence-electron chi connectivity index (χ2n) is 11.5. The van der Waals surface area contributed by atoms with E-state index in [4.69, 9.17) is 23.2 Å². The number of carbonyl (C=O) groups is 2. The number of hydrogen-bond donors (Lipinski definition) is 1. The molecule has 1 unspecified atom stereocenters. The van der Waals surface area contributed by atoms with E-state index in [1.54, 1.807) is 49.4 Å². The second kappa shape index (κ2) is 11.6. The van der Waals surface area contributed by atoms with Crippen molar-refractivity contribution in [2.24, 2.45) is 11.3 Å². The minimum Gasteiger partial charge on any atom is -0.481 e. The lowest BCUT2D eigenvalue weighted by molar-refractivity contribution is -0.160. The van der Waals surface area contributed by atoms with Crippen molar-refractivity contribution in [1.29, 1.82) is 0 Å². The number of amides is 1. The number of hydrogen-bond acceptors (Lipinski definition) is 4. The smallest absolute Gasteiger partial charge is 0.304 e. The summed E-state index contributed by atoms with van der Waals surface area (Å²) in [5, 5.41) is 10.7. The van der Waals surface area contributed by atoms with Crippen LogP contribution in [0, 0.1) is 23.0 Å². The van der Waals surface area contributed by atoms with Crippen LogP contribution in [0.3, 0.4) is 0 Å². The van der Waals surface area contributed by atoms with Crippen LogP contribution in [-0.4, -0.2) is 42.1 Å². The topological polar surface area (TPSA) is 91.8 Å². The summed E-state index contributed by atoms with van der Waals surface area (Å²) in [7, 11) is -4.34. The highest BCUT2D eigenvalue weighted by molar-refractivity contribution is 7.91. The summed E-state index contributed by atoms with van der Waals surface area (Å²) in [6.07, 6.45) is 0.976. The van der Waals surface area contributed by atoms with Crippen LogP contribution in [0.2, 0.25) is 10.0 Å². The third-order valence-corrected chi connectivity index (χ3v) is 10.5. The van der Waals surface area contributed by atoms with Crippen LogP contribution in [0.1, 0.15) is 55.7 Å². The number of carboxylic acids is 1. The highest BCUT2D eigenvalue weighted by Gasteiger charge is 2.55. The van der Waals surface area contributed by atoms with Gasteiger partial charge < -0.3 is 10.0 Å². The van der Waals surface area contributed by atoms with Gasteiger partial charge in [0.05, 0.1) is 23.6 Å². The highest BCUT2D eigenvalue weighted by Crippen LogP contribution is 2.54. The SMILES string of the molecule is C[C@]1(CC(=O)O)C[C@H](c2cccc(Cl)c2)[C@@H](c2ccc(Cl)cc2)N(C(CS(=O)(=O)c2ccc(F)cc2F)C2CC2)C1=O. The molecule has 1 saturated heterocycles. The van der Waals surface area contributed by atoms with E-state index in [1.807, 2.05) is 6.07 Å². The molecule has 0 spiro atoms. The summed E-state index contributed by atoms with van der Waals surface area (Å²) < 4.78 is 55.6. The van der Waals surface area contributed by atoms with Gasteiger partial charge in [0.2, 0.25) is 5.91 Å². The van der Waals surface area contributed by atoms with Crippen LogP contribution >= 0.6 is 23.2 Å². The van der Waals surface area contributed by atoms with E-state index < -0.39 is 73.8 Å². The van der Waals surface area contributed by atoms with E-state index in [1.165, 1.54) is 4.90 Å². The lowest BCUT2D eigenvalue weighted by Crippen LogP contribution is -2.58. The molecular weight excluding hydrogens is 607 g/mol. The van der Waals surface area contributed by atoms with Gasteiger partial charge in [0, 0.05) is 28.1 Å². The molecule has 3 aromatic carbocycles. The predicted molar refractivity (Wildman–Crippen MR) is 155 cm³/mol. The molecule has 0 aromatic heterocycles. The Morgan fingerprint density at radius 2 is 1.71 bits per heavy atom. The molecule has 2 fully saturated rings. The molecule has 6 nitrogen and oxygen atoms in total. The third kappa shape index (κ3) is 6.19. The third-order valence-electron chi connectivity index (χ3n) is 8.27. The largest absolute Gasteiger partial charge is 0.481 e. The van der Waals surface area contributed by atoms with E-state index in [-0.39, 0.29) is 12.3 Å². The minimum atomic E-state index is -4.34. The van der Waals surface area contributed by atoms with Crippen molar-refractivity contribution >= 4 is 44.9 Å². The van der Waals surface area contributed by atoms with Crippen molar-refractivity contribution < 1.29 is 31.9 Å². The highest BCUT2D eigenvalue weighted by atomic mass is 35.5. The van der Waals surface area contributed by atoms with E-state index in [0.29, 0.717) is 34.5 Å². The van der Waals surface area contributed by atoms with Crippen molar-refractivity contribution in [3.8, 4) is 0 Å². The van der Waals surface area contributed by atoms with Crippen molar-refractivity contribution in [3.05, 3.63) is 99.5 Å². The van der Waals surface area contributed by atoms with Crippen molar-refractivity contribution in [1.82, 2.24) is 4.90 Å². The molecule has 3 aromatic rings. The van der Waals surface area contributed by atoms with Gasteiger partial charge in [-0.1, -0.05) is 54.4 Å². The van der Waals surface area contributed by atoms with Crippen molar-refractivity contribution in [3.63, 3.8) is 0 Å². The molecule has 1 heterocycles. The Hall–Kier alpha value is -3.01. The fourth-order valence-corrected chi connectivity index (χ4v) is 8.23. The van der Waals surface area contributed by atoms with Crippen LogP contribution < -0.4 is 0 Å². The van der Waals surface area contributed by atoms with Gasteiger partial charge in [-0.15, -0.1) is 0 Å². The molecule has 0 radical (unpaired) electrons. The molecule has 42 heavy (non-hydrogen) atoms. The zero-order valence-electron chi connectivity index (χ0n) is 22.6. The zero-order chi connectivity index (χ0) is 30.4. The maximum Gasteiger partial charge on any atom is 0.304 e. The van der Waals surface area contributed by atoms with E-state index in [0.717, 1.165) is 17.7 Å². The Labute approximate surface area is 253 Å². The van der Waals surface area contributed by atoms with Gasteiger partial charge in [0.15, 0.2) is 9.84 Å². The number of piperidine rings is 1. The number of nitrogens with zero attached hydrogens (tertiary/aromatic N) is 1. The minimum absolute atomic E-state index is 0.166. The number of carboxylic acid groups (broad SMARTS) is 1. The Morgan fingerprint density at radius 3 is 2.31 bits per heavy atom. The average molecular weight is 637 g/mol. The van der Waals surface area contributed by atoms with Gasteiger partial charge in [-0.25, -0.2) is 17.2 Å². The van der Waals surface area contributed by atoms with Gasteiger partial charge in [-0.3, -0.25) is 9.59 Å². The summed E-state index contributed by atoms with van der Waals surface area (Å²) >= 11 is 12.6. The molecule has 0 bridgehead atoms. The maximum absolute atomic E-state index is 14.7. The normalized spacial score (nSPS) is 23.5. The van der Waals surface area contributed by atoms with Crippen LogP contribution in [-0.2, 0) is 19.4 Å². The van der Waals surface area contributed by atoms with Crippen LogP contribution in [0.15, 0.2) is 71.6 Å². The molecule has 1 saturated carbocycles. The fraction of sp³-hybridized carbons (Fsp3) is 0.355. The number of aliphatic carboxylic acids is 1. The van der Waals surface area contributed by atoms with Crippen LogP contribution in [0.4, 0.5) is 8.78 Å². The first-order valence-electron chi connectivity index (χ1n) is 13.5. The van der Waals surface area contributed by atoms with E-state index >= 15 is 0 Å². The van der Waals surface area contributed by atoms with E-state index in [9.17, 15) is 31.9 Å². The lowest BCUT2D eigenvalue weighted by atomic mass is 9.67. The Balaban J connectivity index is 1.69. The second-order valence-corrected chi connectivity index (χ2v) is 14.3. The first-order chi connectivity index (χ1) is 19.8. The number of halogens is 4. The van der Waals surface area contributed by atoms with Crippen molar-refractivity contribution in [2.45, 2.75) is 55.5 Å². The molecule has 11 heteroatoms. The van der Waals surface area contributed by atoms with Gasteiger partial charge in [-0.05, 0) is 72.7 Å². The van der Waals surface area contributed by atoms with Crippen LogP contribution in [0.5, 0.6) is 0 Å².